The highest BCUT2D eigenvalue weighted by atomic mass is 32.3. The summed E-state index contributed by atoms with van der Waals surface area (Å²) in [4.78, 5) is 12.9. The van der Waals surface area contributed by atoms with Crippen LogP contribution in [-0.2, 0) is 26.4 Å². The molecule has 9 nitrogen and oxygen atoms in total. The first-order chi connectivity index (χ1) is 7.43. The molecular formula is C5H6N2O7S2. The van der Waals surface area contributed by atoms with E-state index < -0.39 is 27.6 Å². The number of rotatable bonds is 3. The lowest BCUT2D eigenvalue weighted by Gasteiger charge is -1.86. The summed E-state index contributed by atoms with van der Waals surface area (Å²) in [7, 11) is 0. The summed E-state index contributed by atoms with van der Waals surface area (Å²) < 4.78 is 37.2. The van der Waals surface area contributed by atoms with E-state index in [-0.39, 0.29) is 5.82 Å². The largest absolute Gasteiger partial charge is 0.363 e. The van der Waals surface area contributed by atoms with Gasteiger partial charge in [0.2, 0.25) is 0 Å². The molecule has 0 aromatic carbocycles. The highest BCUT2D eigenvalue weighted by Crippen LogP contribution is 2.01. The van der Waals surface area contributed by atoms with Gasteiger partial charge in [-0.1, -0.05) is 6.07 Å². The lowest BCUT2D eigenvalue weighted by atomic mass is 10.5. The Kier molecular flexibility index (Phi) is 7.32. The Morgan fingerprint density at radius 1 is 1.31 bits per heavy atom. The fourth-order valence-corrected chi connectivity index (χ4v) is 0.910. The topological polar surface area (TPSA) is 140 Å². The molecule has 2 N–H and O–H groups in total. The van der Waals surface area contributed by atoms with Gasteiger partial charge in [0.1, 0.15) is 6.20 Å². The van der Waals surface area contributed by atoms with Crippen molar-refractivity contribution in [2.75, 3.05) is 0 Å². The second-order valence-corrected chi connectivity index (χ2v) is 3.36. The zero-order chi connectivity index (χ0) is 12.6. The average molecular weight is 270 g/mol. The van der Waals surface area contributed by atoms with Crippen LogP contribution in [0.15, 0.2) is 24.4 Å². The normalized spacial score (nSPS) is 13.1. The van der Waals surface area contributed by atoms with Crippen molar-refractivity contribution in [3.05, 3.63) is 34.5 Å². The van der Waals surface area contributed by atoms with Gasteiger partial charge in [-0.05, 0) is 16.0 Å². The number of nitro groups is 1. The maximum absolute atomic E-state index is 9.94. The number of pyridine rings is 1. The molecule has 1 heterocycles. The van der Waals surface area contributed by atoms with Crippen molar-refractivity contribution in [3.63, 3.8) is 0 Å². The number of hydrogen-bond donors (Lipinski definition) is 2. The summed E-state index contributed by atoms with van der Waals surface area (Å²) in [6.07, 6.45) is 1.39. The van der Waals surface area contributed by atoms with E-state index in [1.54, 1.807) is 12.1 Å². The van der Waals surface area contributed by atoms with Crippen LogP contribution < -0.4 is 0 Å². The lowest BCUT2D eigenvalue weighted by Crippen LogP contribution is -1.96. The van der Waals surface area contributed by atoms with Crippen LogP contribution >= 0.6 is 0 Å². The second-order valence-electron chi connectivity index (χ2n) is 1.95. The monoisotopic (exact) mass is 270 g/mol. The van der Waals surface area contributed by atoms with Gasteiger partial charge in [0.05, 0.1) is 0 Å². The SMILES string of the molecule is O=S(O)OS(=O)O.O=[N+]([O-])c1ccccn1. The van der Waals surface area contributed by atoms with E-state index in [1.165, 1.54) is 12.3 Å². The van der Waals surface area contributed by atoms with Crippen LogP contribution in [0.25, 0.3) is 0 Å². The molecule has 0 saturated carbocycles. The van der Waals surface area contributed by atoms with Gasteiger partial charge in [0.25, 0.3) is 0 Å². The molecule has 1 rings (SSSR count). The quantitative estimate of drug-likeness (QED) is 0.453. The molecular weight excluding hydrogens is 264 g/mol. The van der Waals surface area contributed by atoms with Crippen LogP contribution in [0.4, 0.5) is 5.82 Å². The molecule has 0 aliphatic rings. The van der Waals surface area contributed by atoms with Gasteiger partial charge in [-0.25, -0.2) is 0 Å². The molecule has 90 valence electrons. The molecule has 0 amide bonds. The molecule has 0 bridgehead atoms. The standard InChI is InChI=1S/C5H4N2O2.H2O5S2/c8-7(9)5-3-1-2-4-6-5;1-6(2)5-7(3)4/h1-4H;(H,1,2)(H,3,4). The Bertz CT molecular complexity index is 372. The van der Waals surface area contributed by atoms with Crippen molar-refractivity contribution >= 4 is 28.5 Å². The zero-order valence-electron chi connectivity index (χ0n) is 7.46. The van der Waals surface area contributed by atoms with Gasteiger partial charge in [0.15, 0.2) is 0 Å². The van der Waals surface area contributed by atoms with E-state index in [2.05, 4.69) is 8.61 Å². The number of aromatic nitrogens is 1. The molecule has 0 saturated heterocycles. The molecule has 0 fully saturated rings. The van der Waals surface area contributed by atoms with Crippen molar-refractivity contribution < 1.29 is 26.1 Å². The first kappa shape index (κ1) is 14.7. The molecule has 11 heteroatoms. The van der Waals surface area contributed by atoms with E-state index in [0.717, 1.165) is 0 Å². The molecule has 1 aromatic rings. The Balaban J connectivity index is 0.000000293. The summed E-state index contributed by atoms with van der Waals surface area (Å²) in [5.41, 5.74) is 0. The summed E-state index contributed by atoms with van der Waals surface area (Å²) in [6.45, 7) is 0. The molecule has 0 spiro atoms. The molecule has 1 aromatic heterocycles. The highest BCUT2D eigenvalue weighted by Gasteiger charge is 2.00. The van der Waals surface area contributed by atoms with E-state index >= 15 is 0 Å². The average Bonchev–Trinajstić information content (AvgIpc) is 2.17. The van der Waals surface area contributed by atoms with Crippen molar-refractivity contribution in [1.29, 1.82) is 0 Å². The summed E-state index contributed by atoms with van der Waals surface area (Å²) in [5.74, 6) is -0.113. The Labute approximate surface area is 94.6 Å². The second kappa shape index (κ2) is 7.95. The fraction of sp³-hybridized carbons (Fsp3) is 0. The van der Waals surface area contributed by atoms with E-state index in [4.69, 9.17) is 9.11 Å². The predicted octanol–water partition coefficient (Wildman–Crippen LogP) is 0.266. The Morgan fingerprint density at radius 3 is 2.06 bits per heavy atom. The van der Waals surface area contributed by atoms with Crippen LogP contribution in [0.1, 0.15) is 0 Å². The fourth-order valence-electron chi connectivity index (χ4n) is 0.512. The Morgan fingerprint density at radius 2 is 1.88 bits per heavy atom. The van der Waals surface area contributed by atoms with Crippen LogP contribution in [-0.4, -0.2) is 27.4 Å². The summed E-state index contributed by atoms with van der Waals surface area (Å²) >= 11 is -5.29. The molecule has 0 unspecified atom stereocenters. The molecule has 0 aliphatic heterocycles. The van der Waals surface area contributed by atoms with Gasteiger partial charge in [-0.3, -0.25) is 9.11 Å². The van der Waals surface area contributed by atoms with Gasteiger partial charge >= 0.3 is 28.5 Å². The van der Waals surface area contributed by atoms with Gasteiger partial charge in [-0.2, -0.15) is 8.42 Å². The van der Waals surface area contributed by atoms with Crippen LogP contribution in [0.5, 0.6) is 0 Å². The molecule has 0 atom stereocenters. The first-order valence-corrected chi connectivity index (χ1v) is 5.45. The third-order valence-electron chi connectivity index (χ3n) is 0.953. The van der Waals surface area contributed by atoms with Crippen LogP contribution in [0.2, 0.25) is 0 Å². The Hall–Kier alpha value is -1.27. The van der Waals surface area contributed by atoms with Gasteiger partial charge < -0.3 is 10.1 Å². The molecule has 0 radical (unpaired) electrons. The maximum atomic E-state index is 9.94. The van der Waals surface area contributed by atoms with Crippen molar-refractivity contribution in [2.45, 2.75) is 0 Å². The van der Waals surface area contributed by atoms with E-state index in [0.29, 0.717) is 0 Å². The molecule has 0 aliphatic carbocycles. The highest BCUT2D eigenvalue weighted by molar-refractivity contribution is 7.87. The summed E-state index contributed by atoms with van der Waals surface area (Å²) in [5, 5.41) is 9.94. The van der Waals surface area contributed by atoms with Crippen LogP contribution in [0, 0.1) is 10.1 Å². The zero-order valence-corrected chi connectivity index (χ0v) is 9.09. The smallest absolute Gasteiger partial charge is 0.358 e. The van der Waals surface area contributed by atoms with Gasteiger partial charge in [0, 0.05) is 6.07 Å². The predicted molar refractivity (Wildman–Crippen MR) is 53.5 cm³/mol. The minimum atomic E-state index is -2.65. The molecule has 16 heavy (non-hydrogen) atoms. The number of nitrogens with zero attached hydrogens (tertiary/aromatic N) is 2. The van der Waals surface area contributed by atoms with E-state index in [9.17, 15) is 18.5 Å². The minimum Gasteiger partial charge on any atom is -0.358 e. The van der Waals surface area contributed by atoms with E-state index in [1.807, 2.05) is 0 Å². The first-order valence-electron chi connectivity index (χ1n) is 3.39. The minimum absolute atomic E-state index is 0.113. The van der Waals surface area contributed by atoms with Crippen molar-refractivity contribution in [1.82, 2.24) is 4.98 Å². The van der Waals surface area contributed by atoms with Crippen molar-refractivity contribution in [2.24, 2.45) is 0 Å². The van der Waals surface area contributed by atoms with Crippen LogP contribution in [0.3, 0.4) is 0 Å². The summed E-state index contributed by atoms with van der Waals surface area (Å²) in [6, 6.07) is 4.55. The third kappa shape index (κ3) is 8.07. The van der Waals surface area contributed by atoms with Gasteiger partial charge in [-0.15, -0.1) is 3.63 Å². The lowest BCUT2D eigenvalue weighted by molar-refractivity contribution is -0.389. The number of hydrogen-bond acceptors (Lipinski definition) is 6. The third-order valence-corrected chi connectivity index (χ3v) is 1.88. The van der Waals surface area contributed by atoms with Crippen molar-refractivity contribution in [3.8, 4) is 0 Å². The maximum Gasteiger partial charge on any atom is 0.363 e.